The van der Waals surface area contributed by atoms with Crippen LogP contribution in [0.5, 0.6) is 0 Å². The number of Topliss-reactive ketones (excluding diaryl/α,β-unsaturated/α-hetero) is 1. The molecule has 0 bridgehead atoms. The maximum atomic E-state index is 10.9. The highest BCUT2D eigenvalue weighted by Gasteiger charge is 2.35. The maximum absolute atomic E-state index is 10.9. The standard InChI is InChI=1S/C5H5Br3O3/c1-2-11-4(10)3(9)5(6,7)8/h2H2,1H3. The third-order valence-corrected chi connectivity index (χ3v) is 1.80. The first-order valence-electron chi connectivity index (χ1n) is 2.68. The summed E-state index contributed by atoms with van der Waals surface area (Å²) >= 11 is 8.69. The van der Waals surface area contributed by atoms with Crippen LogP contribution in [0.3, 0.4) is 0 Å². The van der Waals surface area contributed by atoms with Gasteiger partial charge in [0.05, 0.1) is 6.61 Å². The van der Waals surface area contributed by atoms with Gasteiger partial charge in [-0.3, -0.25) is 4.79 Å². The summed E-state index contributed by atoms with van der Waals surface area (Å²) in [6.45, 7) is 1.82. The second-order valence-electron chi connectivity index (χ2n) is 1.55. The van der Waals surface area contributed by atoms with Crippen LogP contribution in [0.2, 0.25) is 0 Å². The highest BCUT2D eigenvalue weighted by atomic mass is 80.0. The minimum absolute atomic E-state index is 0.188. The average Bonchev–Trinajstić information content (AvgIpc) is 1.85. The van der Waals surface area contributed by atoms with Crippen LogP contribution in [0.1, 0.15) is 6.92 Å². The molecule has 0 aromatic heterocycles. The summed E-state index contributed by atoms with van der Waals surface area (Å²) in [6, 6.07) is 0. The normalized spacial score (nSPS) is 10.9. The third-order valence-electron chi connectivity index (χ3n) is 0.718. The number of carbonyl (C=O) groups is 2. The second-order valence-corrected chi connectivity index (χ2v) is 8.31. The second kappa shape index (κ2) is 4.57. The van der Waals surface area contributed by atoms with Crippen LogP contribution < -0.4 is 0 Å². The molecule has 0 aliphatic rings. The largest absolute Gasteiger partial charge is 0.460 e. The molecule has 0 N–H and O–H groups in total. The molecular weight excluding hydrogens is 348 g/mol. The number of rotatable bonds is 2. The lowest BCUT2D eigenvalue weighted by Crippen LogP contribution is -2.28. The summed E-state index contributed by atoms with van der Waals surface area (Å²) in [4.78, 5) is 21.7. The van der Waals surface area contributed by atoms with E-state index in [0.29, 0.717) is 0 Å². The van der Waals surface area contributed by atoms with Gasteiger partial charge in [-0.1, -0.05) is 47.8 Å². The molecule has 0 aromatic rings. The molecule has 0 heterocycles. The molecule has 0 aliphatic carbocycles. The summed E-state index contributed by atoms with van der Waals surface area (Å²) < 4.78 is 3.26. The van der Waals surface area contributed by atoms with E-state index in [1.165, 1.54) is 0 Å². The number of hydrogen-bond donors (Lipinski definition) is 0. The predicted octanol–water partition coefficient (Wildman–Crippen LogP) is 1.96. The summed E-state index contributed by atoms with van der Waals surface area (Å²) in [5.41, 5.74) is 0. The molecule has 0 unspecified atom stereocenters. The van der Waals surface area contributed by atoms with Gasteiger partial charge in [-0.2, -0.15) is 0 Å². The molecule has 0 aromatic carbocycles. The summed E-state index contributed by atoms with van der Waals surface area (Å²) in [5, 5.41) is 0. The predicted molar refractivity (Wildman–Crippen MR) is 51.2 cm³/mol. The molecule has 64 valence electrons. The van der Waals surface area contributed by atoms with Crippen molar-refractivity contribution in [3.05, 3.63) is 0 Å². The SMILES string of the molecule is CCOC(=O)C(=O)C(Br)(Br)Br. The van der Waals surface area contributed by atoms with Crippen molar-refractivity contribution in [2.75, 3.05) is 6.61 Å². The monoisotopic (exact) mass is 350 g/mol. The number of hydrogen-bond acceptors (Lipinski definition) is 3. The van der Waals surface area contributed by atoms with Gasteiger partial charge in [0.1, 0.15) is 0 Å². The van der Waals surface area contributed by atoms with E-state index in [1.54, 1.807) is 6.92 Å². The molecule has 0 saturated carbocycles. The van der Waals surface area contributed by atoms with Gasteiger partial charge in [0, 0.05) is 0 Å². The fraction of sp³-hybridized carbons (Fsp3) is 0.600. The number of esters is 1. The maximum Gasteiger partial charge on any atom is 0.378 e. The lowest BCUT2D eigenvalue weighted by atomic mass is 10.5. The van der Waals surface area contributed by atoms with Crippen LogP contribution in [0.4, 0.5) is 0 Å². The minimum Gasteiger partial charge on any atom is -0.460 e. The van der Waals surface area contributed by atoms with E-state index in [1.807, 2.05) is 0 Å². The van der Waals surface area contributed by atoms with Crippen molar-refractivity contribution in [2.45, 2.75) is 9.07 Å². The van der Waals surface area contributed by atoms with Crippen molar-refractivity contribution < 1.29 is 14.3 Å². The van der Waals surface area contributed by atoms with Crippen molar-refractivity contribution in [2.24, 2.45) is 0 Å². The molecule has 0 spiro atoms. The van der Waals surface area contributed by atoms with Crippen molar-refractivity contribution in [1.29, 1.82) is 0 Å². The smallest absolute Gasteiger partial charge is 0.378 e. The third kappa shape index (κ3) is 4.22. The molecule has 0 fully saturated rings. The molecule has 11 heavy (non-hydrogen) atoms. The van der Waals surface area contributed by atoms with E-state index < -0.39 is 13.9 Å². The van der Waals surface area contributed by atoms with Crippen molar-refractivity contribution in [3.63, 3.8) is 0 Å². The fourth-order valence-corrected chi connectivity index (χ4v) is 0.798. The number of halogens is 3. The Labute approximate surface area is 89.2 Å². The van der Waals surface area contributed by atoms with E-state index in [9.17, 15) is 9.59 Å². The zero-order valence-corrected chi connectivity index (χ0v) is 10.3. The molecule has 3 nitrogen and oxygen atoms in total. The number of alkyl halides is 3. The van der Waals surface area contributed by atoms with Gasteiger partial charge in [-0.15, -0.1) is 0 Å². The van der Waals surface area contributed by atoms with Crippen molar-refractivity contribution in [1.82, 2.24) is 0 Å². The van der Waals surface area contributed by atoms with Crippen LogP contribution in [0.15, 0.2) is 0 Å². The molecule has 0 radical (unpaired) electrons. The first-order chi connectivity index (χ1) is 4.89. The van der Waals surface area contributed by atoms with Gasteiger partial charge in [0.25, 0.3) is 5.78 Å². The first-order valence-corrected chi connectivity index (χ1v) is 5.05. The fourth-order valence-electron chi connectivity index (χ4n) is 0.312. The molecule has 0 rings (SSSR count). The first kappa shape index (κ1) is 11.6. The van der Waals surface area contributed by atoms with Gasteiger partial charge < -0.3 is 4.74 Å². The van der Waals surface area contributed by atoms with Gasteiger partial charge >= 0.3 is 5.97 Å². The Balaban J connectivity index is 4.15. The van der Waals surface area contributed by atoms with E-state index in [-0.39, 0.29) is 6.61 Å². The van der Waals surface area contributed by atoms with Crippen molar-refractivity contribution in [3.8, 4) is 0 Å². The Bertz CT molecular complexity index is 172. The summed E-state index contributed by atoms with van der Waals surface area (Å²) in [7, 11) is 0. The number of ketones is 1. The molecule has 0 atom stereocenters. The Morgan fingerprint density at radius 3 is 2.09 bits per heavy atom. The van der Waals surface area contributed by atoms with Gasteiger partial charge in [-0.25, -0.2) is 4.79 Å². The topological polar surface area (TPSA) is 43.4 Å². The number of ether oxygens (including phenoxy) is 1. The molecule has 6 heteroatoms. The lowest BCUT2D eigenvalue weighted by Gasteiger charge is -2.08. The van der Waals surface area contributed by atoms with Crippen LogP contribution in [0, 0.1) is 0 Å². The van der Waals surface area contributed by atoms with Crippen LogP contribution in [-0.4, -0.2) is 20.5 Å². The summed E-state index contributed by atoms with van der Waals surface area (Å²) in [5.74, 6) is -1.60. The van der Waals surface area contributed by atoms with Crippen LogP contribution in [0.25, 0.3) is 0 Å². The summed E-state index contributed by atoms with van der Waals surface area (Å²) in [6.07, 6.45) is 0. The average molecular weight is 353 g/mol. The van der Waals surface area contributed by atoms with Crippen LogP contribution in [-0.2, 0) is 14.3 Å². The van der Waals surface area contributed by atoms with E-state index in [4.69, 9.17) is 0 Å². The zero-order chi connectivity index (χ0) is 9.07. The Hall–Kier alpha value is 0.580. The van der Waals surface area contributed by atoms with Crippen LogP contribution >= 0.6 is 47.8 Å². The highest BCUT2D eigenvalue weighted by molar-refractivity contribution is 9.40. The van der Waals surface area contributed by atoms with Gasteiger partial charge in [0.2, 0.25) is 2.14 Å². The van der Waals surface area contributed by atoms with Gasteiger partial charge in [-0.05, 0) is 6.92 Å². The van der Waals surface area contributed by atoms with E-state index >= 15 is 0 Å². The Kier molecular flexibility index (Phi) is 4.81. The minimum atomic E-state index is -1.20. The Morgan fingerprint density at radius 1 is 1.36 bits per heavy atom. The van der Waals surface area contributed by atoms with E-state index in [2.05, 4.69) is 52.5 Å². The van der Waals surface area contributed by atoms with Gasteiger partial charge in [0.15, 0.2) is 0 Å². The highest BCUT2D eigenvalue weighted by Crippen LogP contribution is 2.34. The lowest BCUT2D eigenvalue weighted by molar-refractivity contribution is -0.152. The molecule has 0 saturated heterocycles. The quantitative estimate of drug-likeness (QED) is 0.433. The zero-order valence-electron chi connectivity index (χ0n) is 5.57. The van der Waals surface area contributed by atoms with E-state index in [0.717, 1.165) is 0 Å². The molecule has 0 aliphatic heterocycles. The van der Waals surface area contributed by atoms with Crippen molar-refractivity contribution >= 4 is 59.5 Å². The number of carbonyl (C=O) groups excluding carboxylic acids is 2. The molecule has 0 amide bonds. The molecular formula is C5H5Br3O3. The Morgan fingerprint density at radius 2 is 1.82 bits per heavy atom.